The van der Waals surface area contributed by atoms with Crippen LogP contribution in [0.2, 0.25) is 0 Å². The molecule has 2 aromatic carbocycles. The van der Waals surface area contributed by atoms with Crippen molar-refractivity contribution in [3.05, 3.63) is 53.6 Å². The lowest BCUT2D eigenvalue weighted by molar-refractivity contribution is -0.109. The van der Waals surface area contributed by atoms with Gasteiger partial charge in [-0.2, -0.15) is 0 Å². The Morgan fingerprint density at radius 2 is 2.00 bits per heavy atom. The molecule has 0 radical (unpaired) electrons. The Morgan fingerprint density at radius 3 is 2.76 bits per heavy atom. The second-order valence-electron chi connectivity index (χ2n) is 9.62. The molecule has 1 N–H and O–H groups in total. The van der Waals surface area contributed by atoms with Crippen LogP contribution in [0, 0.1) is 0 Å². The zero-order chi connectivity index (χ0) is 23.7. The molecule has 1 aliphatic carbocycles. The van der Waals surface area contributed by atoms with Gasteiger partial charge in [0.1, 0.15) is 24.2 Å². The number of hydrogen-bond donors (Lipinski definition) is 1. The average molecular weight is 462 g/mol. The normalized spacial score (nSPS) is 20.5. The van der Waals surface area contributed by atoms with Gasteiger partial charge in [0.25, 0.3) is 0 Å². The highest BCUT2D eigenvalue weighted by Crippen LogP contribution is 2.47. The Morgan fingerprint density at radius 1 is 1.21 bits per heavy atom. The number of fused-ring (bicyclic) bond motifs is 5. The summed E-state index contributed by atoms with van der Waals surface area (Å²) < 4.78 is 13.3. The van der Waals surface area contributed by atoms with Gasteiger partial charge in [0.15, 0.2) is 0 Å². The van der Waals surface area contributed by atoms with Crippen LogP contribution in [0.15, 0.2) is 42.5 Å². The smallest absolute Gasteiger partial charge is 0.337 e. The lowest BCUT2D eigenvalue weighted by atomic mass is 9.81. The molecule has 0 bridgehead atoms. The monoisotopic (exact) mass is 461 g/mol. The number of para-hydroxylation sites is 1. The quantitative estimate of drug-likeness (QED) is 0.415. The summed E-state index contributed by atoms with van der Waals surface area (Å²) in [4.78, 5) is 23.5. The van der Waals surface area contributed by atoms with Crippen LogP contribution >= 0.6 is 0 Å². The molecular formula is C28H31NO5. The van der Waals surface area contributed by atoms with E-state index >= 15 is 0 Å². The molecule has 1 atom stereocenters. The second-order valence-corrected chi connectivity index (χ2v) is 9.62. The predicted octanol–water partition coefficient (Wildman–Crippen LogP) is 5.25. The van der Waals surface area contributed by atoms with Gasteiger partial charge in [-0.15, -0.1) is 0 Å². The Hall–Kier alpha value is -3.12. The van der Waals surface area contributed by atoms with Crippen LogP contribution in [0.25, 0.3) is 22.2 Å². The summed E-state index contributed by atoms with van der Waals surface area (Å²) >= 11 is 0. The van der Waals surface area contributed by atoms with Crippen molar-refractivity contribution in [1.29, 1.82) is 0 Å². The summed E-state index contributed by atoms with van der Waals surface area (Å²) in [6.45, 7) is 0.366. The van der Waals surface area contributed by atoms with Crippen LogP contribution in [0.4, 0.5) is 0 Å². The Labute approximate surface area is 199 Å². The van der Waals surface area contributed by atoms with E-state index in [0.717, 1.165) is 47.0 Å². The molecule has 1 aromatic heterocycles. The lowest BCUT2D eigenvalue weighted by Crippen LogP contribution is -2.41. The molecule has 2 heterocycles. The standard InChI is InChI=1S/C28H31NO5/c1-33-27(31)20-12-13-21-23(16-20)29-17-28(32,14-7-15-30)18-34-24-11-6-5-10-22(24)26(29)25(21)19-8-3-2-4-9-19/h5-6,10-13,15-16,19,32H,2-4,7-9,14,17-18H2,1H3. The van der Waals surface area contributed by atoms with E-state index in [-0.39, 0.29) is 25.5 Å². The van der Waals surface area contributed by atoms with E-state index < -0.39 is 5.60 Å². The molecular weight excluding hydrogens is 430 g/mol. The molecule has 178 valence electrons. The van der Waals surface area contributed by atoms with Gasteiger partial charge in [-0.25, -0.2) is 4.79 Å². The highest BCUT2D eigenvalue weighted by molar-refractivity contribution is 5.99. The fraction of sp³-hybridized carbons (Fsp3) is 0.429. The third-order valence-electron chi connectivity index (χ3n) is 7.36. The van der Waals surface area contributed by atoms with Gasteiger partial charge in [-0.05, 0) is 55.0 Å². The number of hydrogen-bond acceptors (Lipinski definition) is 5. The zero-order valence-electron chi connectivity index (χ0n) is 19.6. The largest absolute Gasteiger partial charge is 0.490 e. The highest BCUT2D eigenvalue weighted by Gasteiger charge is 2.36. The molecule has 0 saturated heterocycles. The molecule has 0 spiro atoms. The number of carbonyl (C=O) groups is 2. The summed E-state index contributed by atoms with van der Waals surface area (Å²) in [5, 5.41) is 12.7. The molecule has 1 aliphatic heterocycles. The van der Waals surface area contributed by atoms with E-state index in [1.165, 1.54) is 31.9 Å². The summed E-state index contributed by atoms with van der Waals surface area (Å²) in [5.41, 5.74) is 3.47. The Kier molecular flexibility index (Phi) is 6.17. The number of aliphatic hydroxyl groups is 1. The van der Waals surface area contributed by atoms with E-state index in [9.17, 15) is 14.7 Å². The fourth-order valence-corrected chi connectivity index (χ4v) is 5.70. The molecule has 1 fully saturated rings. The summed E-state index contributed by atoms with van der Waals surface area (Å²) in [6.07, 6.45) is 7.25. The van der Waals surface area contributed by atoms with Crippen LogP contribution < -0.4 is 4.74 Å². The van der Waals surface area contributed by atoms with Crippen LogP contribution in [-0.2, 0) is 16.1 Å². The number of benzene rings is 2. The third-order valence-corrected chi connectivity index (χ3v) is 7.36. The Bertz CT molecular complexity index is 1220. The van der Waals surface area contributed by atoms with Gasteiger partial charge in [0, 0.05) is 22.9 Å². The minimum Gasteiger partial charge on any atom is -0.490 e. The fourth-order valence-electron chi connectivity index (χ4n) is 5.70. The molecule has 0 amide bonds. The summed E-state index contributed by atoms with van der Waals surface area (Å²) in [5.74, 6) is 0.732. The van der Waals surface area contributed by atoms with E-state index in [1.807, 2.05) is 36.4 Å². The summed E-state index contributed by atoms with van der Waals surface area (Å²) in [7, 11) is 1.38. The van der Waals surface area contributed by atoms with Crippen molar-refractivity contribution in [3.8, 4) is 17.0 Å². The van der Waals surface area contributed by atoms with Crippen LogP contribution in [-0.4, -0.2) is 41.2 Å². The van der Waals surface area contributed by atoms with Crippen LogP contribution in [0.1, 0.15) is 66.8 Å². The predicted molar refractivity (Wildman–Crippen MR) is 130 cm³/mol. The van der Waals surface area contributed by atoms with Crippen molar-refractivity contribution in [1.82, 2.24) is 4.57 Å². The van der Waals surface area contributed by atoms with E-state index in [0.29, 0.717) is 17.9 Å². The van der Waals surface area contributed by atoms with E-state index in [2.05, 4.69) is 10.6 Å². The second kappa shape index (κ2) is 9.26. The van der Waals surface area contributed by atoms with E-state index in [1.54, 1.807) is 0 Å². The van der Waals surface area contributed by atoms with Crippen LogP contribution in [0.3, 0.4) is 0 Å². The molecule has 3 aromatic rings. The summed E-state index contributed by atoms with van der Waals surface area (Å²) in [6, 6.07) is 13.7. The minimum atomic E-state index is -1.22. The SMILES string of the molecule is COC(=O)c1ccc2c(C3CCCCC3)c3n(c2c1)CC(O)(CCC=O)COc1ccccc1-3. The number of nitrogens with zero attached hydrogens (tertiary/aromatic N) is 1. The number of methoxy groups -OCH3 is 1. The van der Waals surface area contributed by atoms with E-state index in [4.69, 9.17) is 9.47 Å². The van der Waals surface area contributed by atoms with Gasteiger partial charge in [-0.1, -0.05) is 37.5 Å². The van der Waals surface area contributed by atoms with Crippen molar-refractivity contribution < 1.29 is 24.2 Å². The van der Waals surface area contributed by atoms with Gasteiger partial charge < -0.3 is 23.9 Å². The third kappa shape index (κ3) is 4.00. The first-order valence-electron chi connectivity index (χ1n) is 12.2. The van der Waals surface area contributed by atoms with Crippen molar-refractivity contribution in [2.75, 3.05) is 13.7 Å². The number of aldehydes is 1. The topological polar surface area (TPSA) is 77.8 Å². The molecule has 2 aliphatic rings. The molecule has 1 unspecified atom stereocenters. The highest BCUT2D eigenvalue weighted by atomic mass is 16.5. The molecule has 34 heavy (non-hydrogen) atoms. The maximum absolute atomic E-state index is 12.4. The zero-order valence-corrected chi connectivity index (χ0v) is 19.6. The molecule has 6 heteroatoms. The number of rotatable bonds is 5. The number of esters is 1. The minimum absolute atomic E-state index is 0.0897. The van der Waals surface area contributed by atoms with Crippen LogP contribution in [0.5, 0.6) is 5.75 Å². The lowest BCUT2D eigenvalue weighted by Gasteiger charge is -2.33. The maximum Gasteiger partial charge on any atom is 0.337 e. The first kappa shape index (κ1) is 22.7. The molecule has 5 rings (SSSR count). The van der Waals surface area contributed by atoms with Gasteiger partial charge in [-0.3, -0.25) is 0 Å². The number of carbonyl (C=O) groups excluding carboxylic acids is 2. The van der Waals surface area contributed by atoms with Gasteiger partial charge >= 0.3 is 5.97 Å². The average Bonchev–Trinajstić information content (AvgIpc) is 3.18. The maximum atomic E-state index is 12.4. The number of ether oxygens (including phenoxy) is 2. The molecule has 1 saturated carbocycles. The Balaban J connectivity index is 1.81. The van der Waals surface area contributed by atoms with Crippen molar-refractivity contribution >= 4 is 23.2 Å². The first-order chi connectivity index (χ1) is 16.5. The molecule has 6 nitrogen and oxygen atoms in total. The number of aromatic nitrogens is 1. The van der Waals surface area contributed by atoms with Gasteiger partial charge in [0.2, 0.25) is 0 Å². The van der Waals surface area contributed by atoms with Crippen molar-refractivity contribution in [3.63, 3.8) is 0 Å². The first-order valence-corrected chi connectivity index (χ1v) is 12.2. The van der Waals surface area contributed by atoms with Gasteiger partial charge in [0.05, 0.1) is 24.9 Å². The van der Waals surface area contributed by atoms with Crippen molar-refractivity contribution in [2.45, 2.75) is 63.0 Å². The van der Waals surface area contributed by atoms with Crippen molar-refractivity contribution in [2.24, 2.45) is 0 Å².